The van der Waals surface area contributed by atoms with E-state index in [0.717, 1.165) is 35.9 Å². The monoisotopic (exact) mass is 332 g/mol. The zero-order chi connectivity index (χ0) is 15.7. The molecule has 0 unspecified atom stereocenters. The minimum absolute atomic E-state index is 0.0635. The highest BCUT2D eigenvalue weighted by Gasteiger charge is 2.42. The van der Waals surface area contributed by atoms with Gasteiger partial charge >= 0.3 is 0 Å². The Morgan fingerprint density at radius 2 is 2.13 bits per heavy atom. The van der Waals surface area contributed by atoms with Gasteiger partial charge in [0, 0.05) is 19.4 Å². The highest BCUT2D eigenvalue weighted by molar-refractivity contribution is 7.20. The number of aromatic nitrogens is 1. The third-order valence-electron chi connectivity index (χ3n) is 4.51. The number of fused-ring (bicyclic) bond motifs is 1. The fraction of sp³-hybridized carbons (Fsp3) is 0.529. The third kappa shape index (κ3) is 3.11. The molecule has 1 N–H and O–H groups in total. The smallest absolute Gasteiger partial charge is 0.280 e. The van der Waals surface area contributed by atoms with Crippen LogP contribution in [0.5, 0.6) is 0 Å². The predicted molar refractivity (Wildman–Crippen MR) is 88.6 cm³/mol. The van der Waals surface area contributed by atoms with Gasteiger partial charge in [0.25, 0.3) is 5.91 Å². The molecule has 1 amide bonds. The first-order valence-electron chi connectivity index (χ1n) is 8.20. The molecule has 1 saturated heterocycles. The second-order valence-corrected chi connectivity index (χ2v) is 7.25. The van der Waals surface area contributed by atoms with Crippen molar-refractivity contribution < 1.29 is 14.3 Å². The van der Waals surface area contributed by atoms with Crippen molar-refractivity contribution in [2.75, 3.05) is 13.2 Å². The second kappa shape index (κ2) is 6.19. The lowest BCUT2D eigenvalue weighted by Gasteiger charge is -2.31. The number of hydrogen-bond donors (Lipinski definition) is 1. The quantitative estimate of drug-likeness (QED) is 0.938. The fourth-order valence-electron chi connectivity index (χ4n) is 3.32. The number of para-hydroxylation sites is 1. The lowest BCUT2D eigenvalue weighted by molar-refractivity contribution is -0.186. The van der Waals surface area contributed by atoms with Crippen molar-refractivity contribution in [3.63, 3.8) is 0 Å². The molecular weight excluding hydrogens is 312 g/mol. The van der Waals surface area contributed by atoms with E-state index < -0.39 is 0 Å². The van der Waals surface area contributed by atoms with E-state index in [9.17, 15) is 4.79 Å². The van der Waals surface area contributed by atoms with Crippen LogP contribution in [0.25, 0.3) is 10.2 Å². The fourth-order valence-corrected chi connectivity index (χ4v) is 4.20. The van der Waals surface area contributed by atoms with Gasteiger partial charge in [0.15, 0.2) is 10.8 Å². The molecule has 1 aliphatic carbocycles. The Hall–Kier alpha value is -1.50. The van der Waals surface area contributed by atoms with Crippen LogP contribution in [-0.4, -0.2) is 35.9 Å². The summed E-state index contributed by atoms with van der Waals surface area (Å²) >= 11 is 1.41. The largest absolute Gasteiger partial charge is 0.347 e. The maximum atomic E-state index is 12.3. The summed E-state index contributed by atoms with van der Waals surface area (Å²) in [5, 5.41) is 3.43. The summed E-state index contributed by atoms with van der Waals surface area (Å²) < 4.78 is 13.0. The van der Waals surface area contributed by atoms with E-state index in [1.807, 2.05) is 24.3 Å². The Morgan fingerprint density at radius 3 is 2.96 bits per heavy atom. The summed E-state index contributed by atoms with van der Waals surface area (Å²) in [4.78, 5) is 16.7. The molecular formula is C17H20N2O3S. The number of carbonyl (C=O) groups excluding carboxylic acids is 1. The number of nitrogens with one attached hydrogen (secondary N) is 1. The molecule has 1 saturated carbocycles. The van der Waals surface area contributed by atoms with Crippen molar-refractivity contribution in [3.8, 4) is 0 Å². The van der Waals surface area contributed by atoms with Crippen LogP contribution in [0.2, 0.25) is 0 Å². The van der Waals surface area contributed by atoms with Crippen molar-refractivity contribution in [3.05, 3.63) is 29.3 Å². The normalized spacial score (nSPS) is 23.4. The molecule has 1 aromatic heterocycles. The summed E-state index contributed by atoms with van der Waals surface area (Å²) in [6.07, 6.45) is 5.44. The van der Waals surface area contributed by atoms with E-state index in [0.29, 0.717) is 18.2 Å². The van der Waals surface area contributed by atoms with Crippen LogP contribution < -0.4 is 5.32 Å². The molecule has 1 aliphatic heterocycles. The Balaban J connectivity index is 1.35. The number of amides is 1. The van der Waals surface area contributed by atoms with Gasteiger partial charge in [-0.2, -0.15) is 0 Å². The van der Waals surface area contributed by atoms with Crippen LogP contribution in [-0.2, 0) is 9.47 Å². The first kappa shape index (κ1) is 15.1. The highest BCUT2D eigenvalue weighted by atomic mass is 32.1. The Kier molecular flexibility index (Phi) is 4.05. The van der Waals surface area contributed by atoms with Crippen LogP contribution in [0.15, 0.2) is 24.3 Å². The van der Waals surface area contributed by atoms with Crippen molar-refractivity contribution in [1.29, 1.82) is 0 Å². The second-order valence-electron chi connectivity index (χ2n) is 6.22. The van der Waals surface area contributed by atoms with Crippen molar-refractivity contribution in [2.24, 2.45) is 0 Å². The van der Waals surface area contributed by atoms with Gasteiger partial charge in [0.1, 0.15) is 6.10 Å². The zero-order valence-corrected chi connectivity index (χ0v) is 13.7. The number of rotatable bonds is 3. The molecule has 23 heavy (non-hydrogen) atoms. The van der Waals surface area contributed by atoms with Gasteiger partial charge in [-0.1, -0.05) is 18.6 Å². The third-order valence-corrected chi connectivity index (χ3v) is 5.54. The van der Waals surface area contributed by atoms with E-state index in [4.69, 9.17) is 9.47 Å². The summed E-state index contributed by atoms with van der Waals surface area (Å²) in [7, 11) is 0. The van der Waals surface area contributed by atoms with Gasteiger partial charge in [0.05, 0.1) is 16.8 Å². The minimum Gasteiger partial charge on any atom is -0.347 e. The van der Waals surface area contributed by atoms with Gasteiger partial charge in [0.2, 0.25) is 0 Å². The molecule has 1 aromatic carbocycles. The summed E-state index contributed by atoms with van der Waals surface area (Å²) in [5.74, 6) is -0.525. The maximum Gasteiger partial charge on any atom is 0.280 e. The number of hydrogen-bond acceptors (Lipinski definition) is 5. The Labute approximate surface area is 139 Å². The van der Waals surface area contributed by atoms with Crippen LogP contribution in [0.1, 0.15) is 41.9 Å². The van der Waals surface area contributed by atoms with E-state index in [2.05, 4.69) is 10.3 Å². The number of ether oxygens (including phenoxy) is 2. The Bertz CT molecular complexity index is 676. The molecule has 1 atom stereocenters. The van der Waals surface area contributed by atoms with E-state index in [-0.39, 0.29) is 17.8 Å². The molecule has 0 radical (unpaired) electrons. The molecule has 6 heteroatoms. The molecule has 5 nitrogen and oxygen atoms in total. The molecule has 2 heterocycles. The lowest BCUT2D eigenvalue weighted by atomic mass is 9.94. The molecule has 0 bridgehead atoms. The SMILES string of the molecule is O=C(NC[C@@H]1COC2(CCCCC2)O1)c1nc2ccccc2s1. The zero-order valence-electron chi connectivity index (χ0n) is 12.9. The van der Waals surface area contributed by atoms with Crippen molar-refractivity contribution in [1.82, 2.24) is 10.3 Å². The van der Waals surface area contributed by atoms with Crippen molar-refractivity contribution >= 4 is 27.5 Å². The van der Waals surface area contributed by atoms with Gasteiger partial charge < -0.3 is 14.8 Å². The van der Waals surface area contributed by atoms with Gasteiger partial charge in [-0.05, 0) is 25.0 Å². The summed E-state index contributed by atoms with van der Waals surface area (Å²) in [5.41, 5.74) is 0.865. The summed E-state index contributed by atoms with van der Waals surface area (Å²) in [6, 6.07) is 7.78. The molecule has 2 aromatic rings. The van der Waals surface area contributed by atoms with E-state index in [1.54, 1.807) is 0 Å². The number of benzene rings is 1. The van der Waals surface area contributed by atoms with E-state index in [1.165, 1.54) is 17.8 Å². The number of nitrogens with zero attached hydrogens (tertiary/aromatic N) is 1. The first-order valence-corrected chi connectivity index (χ1v) is 9.01. The van der Waals surface area contributed by atoms with Gasteiger partial charge in [-0.3, -0.25) is 4.79 Å². The molecule has 2 aliphatic rings. The molecule has 2 fully saturated rings. The molecule has 4 rings (SSSR count). The topological polar surface area (TPSA) is 60.5 Å². The van der Waals surface area contributed by atoms with E-state index >= 15 is 0 Å². The van der Waals surface area contributed by atoms with Gasteiger partial charge in [-0.15, -0.1) is 11.3 Å². The van der Waals surface area contributed by atoms with Crippen LogP contribution in [0.4, 0.5) is 0 Å². The van der Waals surface area contributed by atoms with Crippen molar-refractivity contribution in [2.45, 2.75) is 44.0 Å². The van der Waals surface area contributed by atoms with Crippen LogP contribution in [0.3, 0.4) is 0 Å². The van der Waals surface area contributed by atoms with Crippen LogP contribution >= 0.6 is 11.3 Å². The average molecular weight is 332 g/mol. The highest BCUT2D eigenvalue weighted by Crippen LogP contribution is 2.37. The molecule has 122 valence electrons. The average Bonchev–Trinajstić information content (AvgIpc) is 3.18. The summed E-state index contributed by atoms with van der Waals surface area (Å²) in [6.45, 7) is 1.02. The standard InChI is InChI=1S/C17H20N2O3S/c20-15(16-19-13-6-2-3-7-14(13)23-16)18-10-12-11-21-17(22-12)8-4-1-5-9-17/h2-3,6-7,12H,1,4-5,8-11H2,(H,18,20)/t12-/m1/s1. The maximum absolute atomic E-state index is 12.3. The van der Waals surface area contributed by atoms with Crippen LogP contribution in [0, 0.1) is 0 Å². The number of thiazole rings is 1. The van der Waals surface area contributed by atoms with Gasteiger partial charge in [-0.25, -0.2) is 4.98 Å². The number of carbonyl (C=O) groups is 1. The lowest BCUT2D eigenvalue weighted by Crippen LogP contribution is -2.37. The Morgan fingerprint density at radius 1 is 1.30 bits per heavy atom. The predicted octanol–water partition coefficient (Wildman–Crippen LogP) is 3.10. The first-order chi connectivity index (χ1) is 11.2. The molecule has 1 spiro atoms. The minimum atomic E-state index is -0.385.